The van der Waals surface area contributed by atoms with Gasteiger partial charge in [0.15, 0.2) is 5.82 Å². The fraction of sp³-hybridized carbons (Fsp3) is 0.176. The molecule has 0 aromatic carbocycles. The lowest BCUT2D eigenvalue weighted by Gasteiger charge is -2.13. The molecule has 3 aromatic heterocycles. The molecule has 3 heterocycles. The molecule has 24 heavy (non-hydrogen) atoms. The zero-order valence-corrected chi connectivity index (χ0v) is 13.1. The first-order valence-corrected chi connectivity index (χ1v) is 7.50. The van der Waals surface area contributed by atoms with Gasteiger partial charge >= 0.3 is 0 Å². The van der Waals surface area contributed by atoms with Crippen LogP contribution in [0.3, 0.4) is 0 Å². The fourth-order valence-corrected chi connectivity index (χ4v) is 2.20. The van der Waals surface area contributed by atoms with E-state index < -0.39 is 0 Å². The number of rotatable bonds is 5. The van der Waals surface area contributed by atoms with Gasteiger partial charge < -0.3 is 5.32 Å². The first-order valence-electron chi connectivity index (χ1n) is 7.50. The molecule has 0 fully saturated rings. The van der Waals surface area contributed by atoms with E-state index in [1.807, 2.05) is 19.1 Å². The van der Waals surface area contributed by atoms with Crippen molar-refractivity contribution in [3.05, 3.63) is 66.8 Å². The summed E-state index contributed by atoms with van der Waals surface area (Å²) in [4.78, 5) is 32.9. The molecule has 3 rings (SSSR count). The summed E-state index contributed by atoms with van der Waals surface area (Å²) in [5.74, 6) is 0.316. The van der Waals surface area contributed by atoms with Crippen molar-refractivity contribution in [1.29, 1.82) is 0 Å². The lowest BCUT2D eigenvalue weighted by Crippen LogP contribution is -2.34. The van der Waals surface area contributed by atoms with Crippen LogP contribution in [0.4, 0.5) is 0 Å². The molecule has 3 aromatic rings. The summed E-state index contributed by atoms with van der Waals surface area (Å²) in [6, 6.07) is 3.60. The second-order valence-corrected chi connectivity index (χ2v) is 5.31. The van der Waals surface area contributed by atoms with Crippen molar-refractivity contribution in [2.24, 2.45) is 0 Å². The Balaban J connectivity index is 1.63. The smallest absolute Gasteiger partial charge is 0.254 e. The Hall–Kier alpha value is -3.22. The molecular formula is C17H16N6O. The molecule has 0 radical (unpaired) electrons. The molecule has 1 unspecified atom stereocenters. The van der Waals surface area contributed by atoms with E-state index in [4.69, 9.17) is 0 Å². The first-order chi connectivity index (χ1) is 11.7. The summed E-state index contributed by atoms with van der Waals surface area (Å²) < 4.78 is 0. The van der Waals surface area contributed by atoms with Crippen molar-refractivity contribution >= 4 is 5.91 Å². The monoisotopic (exact) mass is 320 g/mol. The number of pyridine rings is 1. The van der Waals surface area contributed by atoms with Crippen molar-refractivity contribution in [2.75, 3.05) is 0 Å². The Kier molecular flexibility index (Phi) is 4.81. The zero-order valence-electron chi connectivity index (χ0n) is 13.1. The van der Waals surface area contributed by atoms with Crippen LogP contribution in [0.25, 0.3) is 11.4 Å². The van der Waals surface area contributed by atoms with Gasteiger partial charge in [-0.1, -0.05) is 0 Å². The summed E-state index contributed by atoms with van der Waals surface area (Å²) in [5.41, 5.74) is 2.04. The second kappa shape index (κ2) is 7.36. The van der Waals surface area contributed by atoms with Crippen molar-refractivity contribution < 1.29 is 4.79 Å². The number of carbonyl (C=O) groups is 1. The average molecular weight is 320 g/mol. The number of amides is 1. The van der Waals surface area contributed by atoms with Crippen LogP contribution in [0.15, 0.2) is 55.5 Å². The predicted molar refractivity (Wildman–Crippen MR) is 87.9 cm³/mol. The summed E-state index contributed by atoms with van der Waals surface area (Å²) >= 11 is 0. The van der Waals surface area contributed by atoms with Crippen molar-refractivity contribution in [3.63, 3.8) is 0 Å². The summed E-state index contributed by atoms with van der Waals surface area (Å²) in [7, 11) is 0. The molecule has 1 N–H and O–H groups in total. The third kappa shape index (κ3) is 3.95. The van der Waals surface area contributed by atoms with E-state index >= 15 is 0 Å². The van der Waals surface area contributed by atoms with Gasteiger partial charge in [-0.3, -0.25) is 19.7 Å². The number of carbonyl (C=O) groups excluding carboxylic acids is 1. The molecule has 0 saturated carbocycles. The molecule has 7 nitrogen and oxygen atoms in total. The minimum Gasteiger partial charge on any atom is -0.349 e. The molecule has 1 amide bonds. The Labute approximate surface area is 139 Å². The maximum absolute atomic E-state index is 12.3. The molecule has 0 saturated heterocycles. The summed E-state index contributed by atoms with van der Waals surface area (Å²) in [5, 5.41) is 2.90. The van der Waals surface area contributed by atoms with Crippen molar-refractivity contribution in [2.45, 2.75) is 19.4 Å². The highest BCUT2D eigenvalue weighted by atomic mass is 16.1. The molecule has 0 aliphatic heterocycles. The predicted octanol–water partition coefficient (Wildman–Crippen LogP) is 1.69. The topological polar surface area (TPSA) is 93.6 Å². The Morgan fingerprint density at radius 1 is 1.04 bits per heavy atom. The number of nitrogens with zero attached hydrogens (tertiary/aromatic N) is 5. The van der Waals surface area contributed by atoms with Gasteiger partial charge in [-0.2, -0.15) is 0 Å². The van der Waals surface area contributed by atoms with E-state index in [-0.39, 0.29) is 11.9 Å². The average Bonchev–Trinajstić information content (AvgIpc) is 2.63. The highest BCUT2D eigenvalue weighted by Crippen LogP contribution is 2.12. The molecule has 1 atom stereocenters. The standard InChI is InChI=1S/C17H16N6O/c1-12(7-15-11-19-5-6-20-15)23-17(24)14-9-21-16(22-10-14)13-3-2-4-18-8-13/h2-6,8-12H,7H2,1H3,(H,23,24). The van der Waals surface area contributed by atoms with E-state index in [0.29, 0.717) is 17.8 Å². The van der Waals surface area contributed by atoms with Crippen LogP contribution < -0.4 is 5.32 Å². The number of hydrogen-bond acceptors (Lipinski definition) is 6. The Morgan fingerprint density at radius 3 is 2.50 bits per heavy atom. The number of nitrogens with one attached hydrogen (secondary N) is 1. The van der Waals surface area contributed by atoms with Gasteiger partial charge in [0, 0.05) is 61.4 Å². The van der Waals surface area contributed by atoms with Gasteiger partial charge in [-0.15, -0.1) is 0 Å². The molecule has 0 aliphatic rings. The third-order valence-electron chi connectivity index (χ3n) is 3.34. The van der Waals surface area contributed by atoms with Gasteiger partial charge in [-0.25, -0.2) is 9.97 Å². The lowest BCUT2D eigenvalue weighted by atomic mass is 10.1. The maximum atomic E-state index is 12.3. The van der Waals surface area contributed by atoms with Crippen LogP contribution in [0.2, 0.25) is 0 Å². The zero-order chi connectivity index (χ0) is 16.8. The van der Waals surface area contributed by atoms with E-state index in [9.17, 15) is 4.79 Å². The minimum absolute atomic E-state index is 0.0767. The molecule has 120 valence electrons. The molecular weight excluding hydrogens is 304 g/mol. The third-order valence-corrected chi connectivity index (χ3v) is 3.34. The quantitative estimate of drug-likeness (QED) is 0.769. The normalized spacial score (nSPS) is 11.7. The van der Waals surface area contributed by atoms with Crippen LogP contribution in [0.1, 0.15) is 23.0 Å². The van der Waals surface area contributed by atoms with Gasteiger partial charge in [0.05, 0.1) is 11.3 Å². The summed E-state index contributed by atoms with van der Waals surface area (Å²) in [6.07, 6.45) is 11.9. The Morgan fingerprint density at radius 2 is 1.83 bits per heavy atom. The number of hydrogen-bond donors (Lipinski definition) is 1. The summed E-state index contributed by atoms with van der Waals surface area (Å²) in [6.45, 7) is 1.91. The largest absolute Gasteiger partial charge is 0.349 e. The van der Waals surface area contributed by atoms with Gasteiger partial charge in [0.2, 0.25) is 0 Å². The Bertz CT molecular complexity index is 792. The highest BCUT2D eigenvalue weighted by Gasteiger charge is 2.12. The van der Waals surface area contributed by atoms with E-state index in [2.05, 4.69) is 30.2 Å². The fourth-order valence-electron chi connectivity index (χ4n) is 2.20. The lowest BCUT2D eigenvalue weighted by molar-refractivity contribution is 0.0939. The van der Waals surface area contributed by atoms with Gasteiger partial charge in [0.25, 0.3) is 5.91 Å². The number of aromatic nitrogens is 5. The van der Waals surface area contributed by atoms with Gasteiger partial charge in [0.1, 0.15) is 0 Å². The van der Waals surface area contributed by atoms with Gasteiger partial charge in [-0.05, 0) is 19.1 Å². The maximum Gasteiger partial charge on any atom is 0.254 e. The van der Waals surface area contributed by atoms with Crippen LogP contribution in [-0.2, 0) is 6.42 Å². The van der Waals surface area contributed by atoms with E-state index in [1.54, 1.807) is 31.0 Å². The van der Waals surface area contributed by atoms with Crippen LogP contribution in [-0.4, -0.2) is 36.9 Å². The second-order valence-electron chi connectivity index (χ2n) is 5.31. The van der Waals surface area contributed by atoms with Crippen LogP contribution in [0, 0.1) is 0 Å². The molecule has 0 aliphatic carbocycles. The molecule has 7 heteroatoms. The van der Waals surface area contributed by atoms with Crippen molar-refractivity contribution in [3.8, 4) is 11.4 Å². The van der Waals surface area contributed by atoms with Crippen LogP contribution in [0.5, 0.6) is 0 Å². The van der Waals surface area contributed by atoms with Crippen molar-refractivity contribution in [1.82, 2.24) is 30.2 Å². The highest BCUT2D eigenvalue weighted by molar-refractivity contribution is 5.93. The van der Waals surface area contributed by atoms with Crippen LogP contribution >= 0.6 is 0 Å². The van der Waals surface area contributed by atoms with E-state index in [0.717, 1.165) is 11.3 Å². The first kappa shape index (κ1) is 15.7. The SMILES string of the molecule is CC(Cc1cnccn1)NC(=O)c1cnc(-c2cccnc2)nc1. The molecule has 0 spiro atoms. The minimum atomic E-state index is -0.218. The molecule has 0 bridgehead atoms. The van der Waals surface area contributed by atoms with E-state index in [1.165, 1.54) is 12.4 Å².